The second-order valence-electron chi connectivity index (χ2n) is 5.70. The minimum absolute atomic E-state index is 0.0144. The lowest BCUT2D eigenvalue weighted by Gasteiger charge is -2.23. The van der Waals surface area contributed by atoms with E-state index in [-0.39, 0.29) is 17.7 Å². The fourth-order valence-corrected chi connectivity index (χ4v) is 3.45. The summed E-state index contributed by atoms with van der Waals surface area (Å²) >= 11 is 0. The Balaban J connectivity index is 2.84. The first-order valence-corrected chi connectivity index (χ1v) is 8.65. The smallest absolute Gasteiger partial charge is 0.276 e. The Bertz CT molecular complexity index is 547. The van der Waals surface area contributed by atoms with E-state index in [1.807, 2.05) is 13.8 Å². The molecule has 0 aromatic carbocycles. The molecule has 1 heterocycles. The number of nitrogens with one attached hydrogen (secondary N) is 1. The molecule has 0 saturated carbocycles. The molecule has 0 spiro atoms. The van der Waals surface area contributed by atoms with Gasteiger partial charge < -0.3 is 9.73 Å². The zero-order valence-electron chi connectivity index (χ0n) is 13.3. The first kappa shape index (κ1) is 17.9. The normalized spacial score (nSPS) is 12.5. The van der Waals surface area contributed by atoms with Crippen LogP contribution in [0.25, 0.3) is 0 Å². The first-order valence-electron chi connectivity index (χ1n) is 7.21. The molecular weight excluding hydrogens is 288 g/mol. The number of furan rings is 1. The molecule has 1 N–H and O–H groups in total. The third-order valence-electron chi connectivity index (χ3n) is 2.94. The summed E-state index contributed by atoms with van der Waals surface area (Å²) in [6.45, 7) is 13.1. The molecule has 21 heavy (non-hydrogen) atoms. The van der Waals surface area contributed by atoms with E-state index < -0.39 is 10.0 Å². The second-order valence-corrected chi connectivity index (χ2v) is 7.52. The van der Waals surface area contributed by atoms with Crippen LogP contribution in [0.1, 0.15) is 33.5 Å². The quantitative estimate of drug-likeness (QED) is 0.712. The van der Waals surface area contributed by atoms with Gasteiger partial charge in [0.05, 0.1) is 6.54 Å². The van der Waals surface area contributed by atoms with Crippen LogP contribution < -0.4 is 5.32 Å². The van der Waals surface area contributed by atoms with Gasteiger partial charge in [0.1, 0.15) is 5.76 Å². The maximum Gasteiger partial charge on any atom is 0.276 e. The summed E-state index contributed by atoms with van der Waals surface area (Å²) in [6.07, 6.45) is 1.57. The van der Waals surface area contributed by atoms with Gasteiger partial charge in [-0.25, -0.2) is 8.42 Å². The predicted octanol–water partition coefficient (Wildman–Crippen LogP) is 2.61. The van der Waals surface area contributed by atoms with Crippen molar-refractivity contribution in [2.45, 2.75) is 45.4 Å². The largest absolute Gasteiger partial charge is 0.447 e. The van der Waals surface area contributed by atoms with Gasteiger partial charge >= 0.3 is 0 Å². The number of hydrogen-bond acceptors (Lipinski definition) is 4. The molecule has 6 heteroatoms. The Labute approximate surface area is 128 Å². The van der Waals surface area contributed by atoms with Gasteiger partial charge in [-0.15, -0.1) is 6.58 Å². The zero-order chi connectivity index (χ0) is 16.0. The van der Waals surface area contributed by atoms with E-state index in [9.17, 15) is 8.42 Å². The van der Waals surface area contributed by atoms with E-state index in [0.717, 1.165) is 6.54 Å². The molecule has 0 aliphatic heterocycles. The predicted molar refractivity (Wildman–Crippen MR) is 84.5 cm³/mol. The summed E-state index contributed by atoms with van der Waals surface area (Å²) in [7, 11) is -3.62. The van der Waals surface area contributed by atoms with Crippen molar-refractivity contribution >= 4 is 10.0 Å². The van der Waals surface area contributed by atoms with E-state index in [2.05, 4.69) is 25.7 Å². The summed E-state index contributed by atoms with van der Waals surface area (Å²) in [5.74, 6) is 1.16. The minimum atomic E-state index is -3.62. The van der Waals surface area contributed by atoms with E-state index in [0.29, 0.717) is 18.2 Å². The highest BCUT2D eigenvalue weighted by atomic mass is 32.2. The van der Waals surface area contributed by atoms with Crippen LogP contribution in [0, 0.1) is 5.92 Å². The fraction of sp³-hybridized carbons (Fsp3) is 0.600. The molecule has 0 saturated heterocycles. The van der Waals surface area contributed by atoms with Crippen molar-refractivity contribution in [1.82, 2.24) is 9.62 Å². The molecule has 0 fully saturated rings. The van der Waals surface area contributed by atoms with E-state index in [1.165, 1.54) is 10.4 Å². The molecule has 0 amide bonds. The highest BCUT2D eigenvalue weighted by Crippen LogP contribution is 2.20. The number of rotatable bonds is 9. The lowest BCUT2D eigenvalue weighted by atomic mass is 10.2. The van der Waals surface area contributed by atoms with Gasteiger partial charge in [-0.1, -0.05) is 19.9 Å². The lowest BCUT2D eigenvalue weighted by molar-refractivity contribution is 0.346. The Morgan fingerprint density at radius 2 is 2.00 bits per heavy atom. The molecule has 0 atom stereocenters. The molecule has 1 rings (SSSR count). The van der Waals surface area contributed by atoms with Crippen LogP contribution in [0.15, 0.2) is 34.3 Å². The highest BCUT2D eigenvalue weighted by Gasteiger charge is 2.28. The number of sulfonamides is 1. The van der Waals surface area contributed by atoms with E-state index in [4.69, 9.17) is 4.42 Å². The van der Waals surface area contributed by atoms with Crippen molar-refractivity contribution in [1.29, 1.82) is 0 Å². The maximum absolute atomic E-state index is 12.5. The van der Waals surface area contributed by atoms with Crippen molar-refractivity contribution < 1.29 is 12.8 Å². The van der Waals surface area contributed by atoms with Gasteiger partial charge in [0, 0.05) is 12.6 Å². The summed E-state index contributed by atoms with van der Waals surface area (Å²) in [6, 6.07) is 3.06. The van der Waals surface area contributed by atoms with Gasteiger partial charge in [-0.3, -0.25) is 0 Å². The highest BCUT2D eigenvalue weighted by molar-refractivity contribution is 7.89. The Hall–Kier alpha value is -1.11. The van der Waals surface area contributed by atoms with Crippen LogP contribution in [0.5, 0.6) is 0 Å². The fourth-order valence-electron chi connectivity index (χ4n) is 1.91. The van der Waals surface area contributed by atoms with Crippen LogP contribution in [-0.2, 0) is 16.6 Å². The van der Waals surface area contributed by atoms with Crippen molar-refractivity contribution in [2.75, 3.05) is 13.1 Å². The van der Waals surface area contributed by atoms with Gasteiger partial charge in [0.25, 0.3) is 10.0 Å². The molecule has 0 bridgehead atoms. The van der Waals surface area contributed by atoms with E-state index >= 15 is 0 Å². The second kappa shape index (κ2) is 7.77. The number of hydrogen-bond donors (Lipinski definition) is 1. The molecule has 5 nitrogen and oxygen atoms in total. The van der Waals surface area contributed by atoms with E-state index in [1.54, 1.807) is 12.1 Å². The van der Waals surface area contributed by atoms with Crippen molar-refractivity contribution in [3.63, 3.8) is 0 Å². The van der Waals surface area contributed by atoms with Crippen LogP contribution in [0.3, 0.4) is 0 Å². The van der Waals surface area contributed by atoms with Gasteiger partial charge in [-0.05, 0) is 38.4 Å². The minimum Gasteiger partial charge on any atom is -0.447 e. The lowest BCUT2D eigenvalue weighted by Crippen LogP contribution is -2.36. The summed E-state index contributed by atoms with van der Waals surface area (Å²) in [5, 5.41) is 3.21. The Kier molecular flexibility index (Phi) is 6.64. The maximum atomic E-state index is 12.5. The Morgan fingerprint density at radius 3 is 2.52 bits per heavy atom. The first-order chi connectivity index (χ1) is 9.78. The molecule has 1 aromatic rings. The topological polar surface area (TPSA) is 62.6 Å². The van der Waals surface area contributed by atoms with Gasteiger partial charge in [0.2, 0.25) is 5.09 Å². The zero-order valence-corrected chi connectivity index (χ0v) is 14.1. The molecule has 0 radical (unpaired) electrons. The van der Waals surface area contributed by atoms with Crippen LogP contribution in [-0.4, -0.2) is 31.9 Å². The molecule has 0 unspecified atom stereocenters. The SMILES string of the molecule is C=CCN(C(C)C)S(=O)(=O)c1ccc(CNCC(C)C)o1. The van der Waals surface area contributed by atoms with Crippen LogP contribution in [0.2, 0.25) is 0 Å². The van der Waals surface area contributed by atoms with Crippen molar-refractivity contribution in [3.8, 4) is 0 Å². The monoisotopic (exact) mass is 314 g/mol. The van der Waals surface area contributed by atoms with Gasteiger partial charge in [-0.2, -0.15) is 4.31 Å². The van der Waals surface area contributed by atoms with Crippen LogP contribution >= 0.6 is 0 Å². The molecule has 0 aliphatic carbocycles. The average molecular weight is 314 g/mol. The third kappa shape index (κ3) is 4.98. The van der Waals surface area contributed by atoms with Crippen molar-refractivity contribution in [2.24, 2.45) is 5.92 Å². The number of nitrogens with zero attached hydrogens (tertiary/aromatic N) is 1. The van der Waals surface area contributed by atoms with Crippen LogP contribution in [0.4, 0.5) is 0 Å². The third-order valence-corrected chi connectivity index (χ3v) is 4.85. The molecular formula is C15H26N2O3S. The molecule has 0 aliphatic rings. The summed E-state index contributed by atoms with van der Waals surface area (Å²) < 4.78 is 31.9. The molecule has 120 valence electrons. The molecule has 1 aromatic heterocycles. The average Bonchev–Trinajstić information content (AvgIpc) is 2.84. The standard InChI is InChI=1S/C15H26N2O3S/c1-6-9-17(13(4)5)21(18,19)15-8-7-14(20-15)11-16-10-12(2)3/h6-8,12-13,16H,1,9-11H2,2-5H3. The summed E-state index contributed by atoms with van der Waals surface area (Å²) in [5.41, 5.74) is 0. The Morgan fingerprint density at radius 1 is 1.33 bits per heavy atom. The van der Waals surface area contributed by atoms with Crippen molar-refractivity contribution in [3.05, 3.63) is 30.5 Å². The van der Waals surface area contributed by atoms with Gasteiger partial charge in [0.15, 0.2) is 0 Å². The summed E-state index contributed by atoms with van der Waals surface area (Å²) in [4.78, 5) is 0.